The lowest BCUT2D eigenvalue weighted by Crippen LogP contribution is -2.36. The normalized spacial score (nSPS) is 13.1. The Bertz CT molecular complexity index is 957. The van der Waals surface area contributed by atoms with Crippen molar-refractivity contribution in [2.24, 2.45) is 0 Å². The molecule has 0 saturated carbocycles. The second-order valence-corrected chi connectivity index (χ2v) is 7.37. The molecule has 0 atom stereocenters. The molecule has 0 unspecified atom stereocenters. The molecule has 1 aliphatic heterocycles. The number of carbonyl (C=O) groups excluding carboxylic acids is 2. The summed E-state index contributed by atoms with van der Waals surface area (Å²) in [6.07, 6.45) is 2.68. The minimum absolute atomic E-state index is 0.110. The van der Waals surface area contributed by atoms with E-state index in [1.807, 2.05) is 35.2 Å². The average Bonchev–Trinajstić information content (AvgIpc) is 3.10. The van der Waals surface area contributed by atoms with Crippen LogP contribution < -0.4 is 5.32 Å². The first-order valence-electron chi connectivity index (χ1n) is 8.72. The van der Waals surface area contributed by atoms with Crippen LogP contribution in [0.3, 0.4) is 0 Å². The van der Waals surface area contributed by atoms with Crippen molar-refractivity contribution in [3.05, 3.63) is 76.6 Å². The summed E-state index contributed by atoms with van der Waals surface area (Å²) in [7, 11) is 0. The Labute approximate surface area is 160 Å². The van der Waals surface area contributed by atoms with Crippen LogP contribution in [-0.4, -0.2) is 33.2 Å². The number of aromatic nitrogens is 2. The molecule has 0 fully saturated rings. The first-order chi connectivity index (χ1) is 13.2. The molecule has 27 heavy (non-hydrogen) atoms. The van der Waals surface area contributed by atoms with Gasteiger partial charge in [0.05, 0.1) is 18.7 Å². The van der Waals surface area contributed by atoms with Crippen molar-refractivity contribution >= 4 is 28.3 Å². The maximum atomic E-state index is 12.6. The number of pyridine rings is 1. The number of hydrogen-bond acceptors (Lipinski definition) is 5. The average molecular weight is 378 g/mol. The van der Waals surface area contributed by atoms with Crippen molar-refractivity contribution in [2.45, 2.75) is 19.4 Å². The van der Waals surface area contributed by atoms with Gasteiger partial charge in [-0.2, -0.15) is 0 Å². The fourth-order valence-corrected chi connectivity index (χ4v) is 4.02. The highest BCUT2D eigenvalue weighted by atomic mass is 32.1. The summed E-state index contributed by atoms with van der Waals surface area (Å²) in [4.78, 5) is 36.3. The van der Waals surface area contributed by atoms with Crippen LogP contribution in [0.1, 0.15) is 26.6 Å². The van der Waals surface area contributed by atoms with Gasteiger partial charge in [-0.25, -0.2) is 4.98 Å². The number of nitrogens with one attached hydrogen (secondary N) is 1. The van der Waals surface area contributed by atoms with E-state index in [1.165, 1.54) is 11.3 Å². The molecule has 2 amide bonds. The topological polar surface area (TPSA) is 75.2 Å². The predicted molar refractivity (Wildman–Crippen MR) is 104 cm³/mol. The van der Waals surface area contributed by atoms with Gasteiger partial charge in [-0.3, -0.25) is 19.9 Å². The summed E-state index contributed by atoms with van der Waals surface area (Å²) in [5, 5.41) is 3.35. The van der Waals surface area contributed by atoms with Crippen LogP contribution in [0.4, 0.5) is 5.13 Å². The van der Waals surface area contributed by atoms with Gasteiger partial charge in [0.25, 0.3) is 5.91 Å². The molecule has 7 heteroatoms. The highest BCUT2D eigenvalue weighted by Crippen LogP contribution is 2.28. The van der Waals surface area contributed by atoms with E-state index in [4.69, 9.17) is 0 Å². The second kappa shape index (κ2) is 7.67. The monoisotopic (exact) mass is 378 g/mol. The van der Waals surface area contributed by atoms with Crippen LogP contribution in [0.2, 0.25) is 0 Å². The van der Waals surface area contributed by atoms with Gasteiger partial charge < -0.3 is 4.90 Å². The summed E-state index contributed by atoms with van der Waals surface area (Å²) < 4.78 is 0. The Kier molecular flexibility index (Phi) is 4.93. The number of rotatable bonds is 4. The second-order valence-electron chi connectivity index (χ2n) is 6.29. The minimum atomic E-state index is -0.279. The summed E-state index contributed by atoms with van der Waals surface area (Å²) in [5.74, 6) is -0.168. The van der Waals surface area contributed by atoms with Crippen molar-refractivity contribution in [3.63, 3.8) is 0 Å². The molecule has 6 nitrogen and oxygen atoms in total. The summed E-state index contributed by atoms with van der Waals surface area (Å²) in [6, 6.07) is 14.9. The third-order valence-electron chi connectivity index (χ3n) is 4.40. The van der Waals surface area contributed by atoms with Crippen molar-refractivity contribution in [3.8, 4) is 0 Å². The molecule has 1 aromatic carbocycles. The molecule has 0 radical (unpaired) electrons. The maximum Gasteiger partial charge on any atom is 0.276 e. The summed E-state index contributed by atoms with van der Waals surface area (Å²) in [6.45, 7) is 1.19. The molecule has 2 aromatic heterocycles. The van der Waals surface area contributed by atoms with E-state index >= 15 is 0 Å². The number of benzene rings is 1. The van der Waals surface area contributed by atoms with E-state index in [2.05, 4.69) is 15.3 Å². The third kappa shape index (κ3) is 4.03. The first kappa shape index (κ1) is 17.4. The molecule has 4 rings (SSSR count). The van der Waals surface area contributed by atoms with Gasteiger partial charge in [0.15, 0.2) is 5.13 Å². The SMILES string of the molecule is O=C(Nc1nc2c(s1)CN(C(=O)Cc1ccccc1)CC2)c1ccccn1. The first-order valence-corrected chi connectivity index (χ1v) is 9.53. The molecule has 3 aromatic rings. The largest absolute Gasteiger partial charge is 0.337 e. The molecular weight excluding hydrogens is 360 g/mol. The smallest absolute Gasteiger partial charge is 0.276 e. The number of anilines is 1. The molecular formula is C20H18N4O2S. The van der Waals surface area contributed by atoms with Gasteiger partial charge in [0.2, 0.25) is 5.91 Å². The quantitative estimate of drug-likeness (QED) is 0.757. The lowest BCUT2D eigenvalue weighted by Gasteiger charge is -2.26. The van der Waals surface area contributed by atoms with Crippen LogP contribution in [0.25, 0.3) is 0 Å². The van der Waals surface area contributed by atoms with Crippen LogP contribution in [0.5, 0.6) is 0 Å². The molecule has 3 heterocycles. The predicted octanol–water partition coefficient (Wildman–Crippen LogP) is 2.92. The van der Waals surface area contributed by atoms with Crippen molar-refractivity contribution in [2.75, 3.05) is 11.9 Å². The number of thiazole rings is 1. The number of amides is 2. The van der Waals surface area contributed by atoms with Gasteiger partial charge in [-0.1, -0.05) is 47.7 Å². The molecule has 1 N–H and O–H groups in total. The number of carbonyl (C=O) groups is 2. The molecule has 0 saturated heterocycles. The highest BCUT2D eigenvalue weighted by Gasteiger charge is 2.24. The molecule has 0 spiro atoms. The fraction of sp³-hybridized carbons (Fsp3) is 0.200. The number of nitrogens with zero attached hydrogens (tertiary/aromatic N) is 3. The lowest BCUT2D eigenvalue weighted by molar-refractivity contribution is -0.131. The Morgan fingerprint density at radius 2 is 1.93 bits per heavy atom. The Morgan fingerprint density at radius 1 is 1.11 bits per heavy atom. The van der Waals surface area contributed by atoms with Crippen LogP contribution in [0.15, 0.2) is 54.7 Å². The minimum Gasteiger partial charge on any atom is -0.337 e. The van der Waals surface area contributed by atoms with Gasteiger partial charge in [-0.05, 0) is 17.7 Å². The van der Waals surface area contributed by atoms with E-state index < -0.39 is 0 Å². The standard InChI is InChI=1S/C20H18N4O2S/c25-18(12-14-6-2-1-3-7-14)24-11-9-15-17(13-24)27-20(22-15)23-19(26)16-8-4-5-10-21-16/h1-8,10H,9,11-13H2,(H,22,23,26). The Morgan fingerprint density at radius 3 is 2.70 bits per heavy atom. The summed E-state index contributed by atoms with van der Waals surface area (Å²) in [5.41, 5.74) is 2.33. The van der Waals surface area contributed by atoms with Crippen LogP contribution in [0, 0.1) is 0 Å². The van der Waals surface area contributed by atoms with E-state index in [1.54, 1.807) is 24.4 Å². The Balaban J connectivity index is 1.41. The van der Waals surface area contributed by atoms with Gasteiger partial charge in [-0.15, -0.1) is 0 Å². The van der Waals surface area contributed by atoms with Gasteiger partial charge in [0.1, 0.15) is 5.69 Å². The van der Waals surface area contributed by atoms with Crippen molar-refractivity contribution in [1.82, 2.24) is 14.9 Å². The number of hydrogen-bond donors (Lipinski definition) is 1. The Hall–Kier alpha value is -3.06. The van der Waals surface area contributed by atoms with Crippen molar-refractivity contribution in [1.29, 1.82) is 0 Å². The molecule has 136 valence electrons. The van der Waals surface area contributed by atoms with E-state index in [0.717, 1.165) is 16.1 Å². The van der Waals surface area contributed by atoms with E-state index in [0.29, 0.717) is 36.8 Å². The van der Waals surface area contributed by atoms with Crippen LogP contribution in [-0.2, 0) is 24.2 Å². The zero-order valence-corrected chi connectivity index (χ0v) is 15.4. The van der Waals surface area contributed by atoms with Gasteiger partial charge in [0, 0.05) is 24.0 Å². The lowest BCUT2D eigenvalue weighted by atomic mass is 10.1. The maximum absolute atomic E-state index is 12.6. The molecule has 0 aliphatic carbocycles. The third-order valence-corrected chi connectivity index (χ3v) is 5.40. The van der Waals surface area contributed by atoms with Crippen molar-refractivity contribution < 1.29 is 9.59 Å². The van der Waals surface area contributed by atoms with E-state index in [-0.39, 0.29) is 11.8 Å². The summed E-state index contributed by atoms with van der Waals surface area (Å²) >= 11 is 1.42. The van der Waals surface area contributed by atoms with E-state index in [9.17, 15) is 9.59 Å². The zero-order valence-electron chi connectivity index (χ0n) is 14.6. The molecule has 1 aliphatic rings. The molecule has 0 bridgehead atoms. The highest BCUT2D eigenvalue weighted by molar-refractivity contribution is 7.15. The fourth-order valence-electron chi connectivity index (χ4n) is 3.00. The number of fused-ring (bicyclic) bond motifs is 1. The zero-order chi connectivity index (χ0) is 18.6. The van der Waals surface area contributed by atoms with Gasteiger partial charge >= 0.3 is 0 Å². The van der Waals surface area contributed by atoms with Crippen LogP contribution >= 0.6 is 11.3 Å².